The molecule has 1 spiro atoms. The van der Waals surface area contributed by atoms with Crippen LogP contribution in [0.1, 0.15) is 37.7 Å². The van der Waals surface area contributed by atoms with Crippen LogP contribution in [0, 0.1) is 0 Å². The lowest BCUT2D eigenvalue weighted by atomic mass is 9.73. The van der Waals surface area contributed by atoms with E-state index < -0.39 is 15.4 Å². The van der Waals surface area contributed by atoms with Gasteiger partial charge in [0, 0.05) is 54.3 Å². The highest BCUT2D eigenvalue weighted by Gasteiger charge is 2.43. The summed E-state index contributed by atoms with van der Waals surface area (Å²) in [6.45, 7) is 0. The minimum absolute atomic E-state index is 0.128. The van der Waals surface area contributed by atoms with Crippen molar-refractivity contribution in [3.63, 3.8) is 0 Å². The minimum atomic E-state index is -3.49. The Morgan fingerprint density at radius 1 is 1.06 bits per heavy atom. The first kappa shape index (κ1) is 20.1. The van der Waals surface area contributed by atoms with E-state index in [4.69, 9.17) is 0 Å². The number of aryl methyl sites for hydroxylation is 1. The van der Waals surface area contributed by atoms with Crippen LogP contribution in [0.15, 0.2) is 40.3 Å². The van der Waals surface area contributed by atoms with Gasteiger partial charge < -0.3 is 14.9 Å². The molecule has 7 nitrogen and oxygen atoms in total. The molecule has 1 aromatic carbocycles. The van der Waals surface area contributed by atoms with E-state index in [0.717, 1.165) is 48.7 Å². The largest absolute Gasteiger partial charge is 0.372 e. The third-order valence-corrected chi connectivity index (χ3v) is 7.85. The van der Waals surface area contributed by atoms with Crippen LogP contribution in [0.5, 0.6) is 0 Å². The van der Waals surface area contributed by atoms with E-state index in [1.54, 1.807) is 31.6 Å². The number of pyridine rings is 1. The number of nitrogens with zero attached hydrogens (tertiary/aromatic N) is 1. The molecule has 2 aromatic heterocycles. The van der Waals surface area contributed by atoms with Gasteiger partial charge in [0.15, 0.2) is 15.6 Å². The van der Waals surface area contributed by atoms with Crippen molar-refractivity contribution in [2.24, 2.45) is 7.05 Å². The van der Waals surface area contributed by atoms with Crippen LogP contribution in [0.2, 0.25) is 0 Å². The van der Waals surface area contributed by atoms with Gasteiger partial charge in [0.2, 0.25) is 0 Å². The molecule has 0 atom stereocenters. The van der Waals surface area contributed by atoms with Crippen molar-refractivity contribution in [2.45, 2.75) is 49.0 Å². The molecule has 2 aliphatic rings. The average Bonchev–Trinajstić information content (AvgIpc) is 3.21. The smallest absolute Gasteiger partial charge is 0.274 e. The highest BCUT2D eigenvalue weighted by atomic mass is 32.2. The Bertz CT molecular complexity index is 1390. The highest BCUT2D eigenvalue weighted by Crippen LogP contribution is 2.44. The van der Waals surface area contributed by atoms with E-state index in [0.29, 0.717) is 16.6 Å². The maximum absolute atomic E-state index is 13.2. The standard InChI is InChI=1S/C23H25N3O4S/c1-26-13-18(16-6-9-24-21(16)22(26)28)17-12-15(31(2,29)30)10-14-11-19(27)23(25-20(14)17)7-4-3-5-8-23/h6,9-10,12-13,24-25H,3-5,7-8,11H2,1-2H3. The summed E-state index contributed by atoms with van der Waals surface area (Å²) in [6.07, 6.45) is 9.50. The maximum atomic E-state index is 13.2. The number of carbonyl (C=O) groups is 1. The number of sulfone groups is 1. The second-order valence-electron chi connectivity index (χ2n) is 8.87. The number of aromatic nitrogens is 2. The van der Waals surface area contributed by atoms with Crippen molar-refractivity contribution < 1.29 is 13.2 Å². The van der Waals surface area contributed by atoms with Crippen LogP contribution in [-0.4, -0.2) is 35.5 Å². The number of ketones is 1. The van der Waals surface area contributed by atoms with Crippen LogP contribution < -0.4 is 10.9 Å². The van der Waals surface area contributed by atoms with E-state index in [1.165, 1.54) is 10.8 Å². The molecule has 0 unspecified atom stereocenters. The van der Waals surface area contributed by atoms with Crippen molar-refractivity contribution in [1.82, 2.24) is 9.55 Å². The monoisotopic (exact) mass is 439 g/mol. The van der Waals surface area contributed by atoms with Gasteiger partial charge in [-0.2, -0.15) is 0 Å². The molecule has 1 aliphatic heterocycles. The molecule has 1 fully saturated rings. The summed E-state index contributed by atoms with van der Waals surface area (Å²) in [5, 5.41) is 4.29. The Balaban J connectivity index is 1.82. The van der Waals surface area contributed by atoms with Gasteiger partial charge in [-0.3, -0.25) is 9.59 Å². The number of carbonyl (C=O) groups excluding carboxylic acids is 1. The number of anilines is 1. The van der Waals surface area contributed by atoms with Crippen LogP contribution >= 0.6 is 0 Å². The van der Waals surface area contributed by atoms with E-state index in [9.17, 15) is 18.0 Å². The maximum Gasteiger partial charge on any atom is 0.274 e. The molecule has 162 valence electrons. The summed E-state index contributed by atoms with van der Waals surface area (Å²) in [4.78, 5) is 28.9. The molecule has 0 amide bonds. The topological polar surface area (TPSA) is 101 Å². The normalized spacial score (nSPS) is 18.2. The fourth-order valence-corrected chi connectivity index (χ4v) is 5.77. The number of aromatic amines is 1. The van der Waals surface area contributed by atoms with Gasteiger partial charge in [-0.15, -0.1) is 0 Å². The second-order valence-corrected chi connectivity index (χ2v) is 10.9. The van der Waals surface area contributed by atoms with E-state index >= 15 is 0 Å². The number of rotatable bonds is 2. The van der Waals surface area contributed by atoms with Crippen molar-refractivity contribution in [1.29, 1.82) is 0 Å². The quantitative estimate of drug-likeness (QED) is 0.639. The highest BCUT2D eigenvalue weighted by molar-refractivity contribution is 7.90. The summed E-state index contributed by atoms with van der Waals surface area (Å²) in [7, 11) is -1.81. The van der Waals surface area contributed by atoms with Gasteiger partial charge in [0.1, 0.15) is 5.52 Å². The summed E-state index contributed by atoms with van der Waals surface area (Å²) in [5.41, 5.74) is 2.68. The molecule has 0 bridgehead atoms. The number of H-pyrrole nitrogens is 1. The predicted molar refractivity (Wildman–Crippen MR) is 120 cm³/mol. The number of fused-ring (bicyclic) bond motifs is 2. The molecule has 5 rings (SSSR count). The molecular formula is C23H25N3O4S. The number of nitrogens with one attached hydrogen (secondary N) is 2. The van der Waals surface area contributed by atoms with E-state index in [2.05, 4.69) is 10.3 Å². The average molecular weight is 440 g/mol. The molecule has 3 heterocycles. The zero-order valence-electron chi connectivity index (χ0n) is 17.6. The van der Waals surface area contributed by atoms with Crippen LogP contribution in [0.4, 0.5) is 5.69 Å². The Hall–Kier alpha value is -2.87. The number of hydrogen-bond acceptors (Lipinski definition) is 5. The predicted octanol–water partition coefficient (Wildman–Crippen LogP) is 3.18. The first-order valence-corrected chi connectivity index (χ1v) is 12.4. The molecule has 31 heavy (non-hydrogen) atoms. The second kappa shape index (κ2) is 6.82. The van der Waals surface area contributed by atoms with Crippen molar-refractivity contribution in [2.75, 3.05) is 11.6 Å². The van der Waals surface area contributed by atoms with Gasteiger partial charge in [-0.1, -0.05) is 19.3 Å². The summed E-state index contributed by atoms with van der Waals surface area (Å²) < 4.78 is 26.4. The molecular weight excluding hydrogens is 414 g/mol. The zero-order chi connectivity index (χ0) is 22.0. The van der Waals surface area contributed by atoms with Crippen molar-refractivity contribution in [3.05, 3.63) is 46.5 Å². The molecule has 1 aliphatic carbocycles. The minimum Gasteiger partial charge on any atom is -0.372 e. The summed E-state index contributed by atoms with van der Waals surface area (Å²) in [5.74, 6) is 0.128. The van der Waals surface area contributed by atoms with Crippen molar-refractivity contribution >= 4 is 32.2 Å². The van der Waals surface area contributed by atoms with Crippen LogP contribution in [0.25, 0.3) is 22.0 Å². The third kappa shape index (κ3) is 3.12. The van der Waals surface area contributed by atoms with E-state index in [1.807, 2.05) is 6.07 Å². The SMILES string of the molecule is Cn1cc(-c2cc(S(C)(=O)=O)cc3c2NC2(CCCCC2)C(=O)C3)c2cc[nH]c2c1=O. The first-order valence-electron chi connectivity index (χ1n) is 10.6. The van der Waals surface area contributed by atoms with Gasteiger partial charge in [-0.05, 0) is 36.6 Å². The van der Waals surface area contributed by atoms with Gasteiger partial charge in [0.25, 0.3) is 5.56 Å². The molecule has 0 radical (unpaired) electrons. The van der Waals surface area contributed by atoms with Crippen LogP contribution in [0.3, 0.4) is 0 Å². The van der Waals surface area contributed by atoms with Gasteiger partial charge >= 0.3 is 0 Å². The van der Waals surface area contributed by atoms with Crippen molar-refractivity contribution in [3.8, 4) is 11.1 Å². The molecule has 0 saturated heterocycles. The number of Topliss-reactive ketones (excluding diaryl/α,β-unsaturated/α-hetero) is 1. The van der Waals surface area contributed by atoms with Crippen LogP contribution in [-0.2, 0) is 28.1 Å². The summed E-state index contributed by atoms with van der Waals surface area (Å²) >= 11 is 0. The summed E-state index contributed by atoms with van der Waals surface area (Å²) in [6, 6.07) is 5.11. The lowest BCUT2D eigenvalue weighted by Crippen LogP contribution is -2.51. The Morgan fingerprint density at radius 3 is 2.52 bits per heavy atom. The fraction of sp³-hybridized carbons (Fsp3) is 0.391. The Morgan fingerprint density at radius 2 is 1.81 bits per heavy atom. The van der Waals surface area contributed by atoms with E-state index in [-0.39, 0.29) is 22.7 Å². The molecule has 3 aromatic rings. The zero-order valence-corrected chi connectivity index (χ0v) is 18.4. The van der Waals surface area contributed by atoms with Gasteiger partial charge in [0.05, 0.1) is 10.4 Å². The number of benzene rings is 1. The number of hydrogen-bond donors (Lipinski definition) is 2. The third-order valence-electron chi connectivity index (χ3n) is 6.76. The molecule has 1 saturated carbocycles. The molecule has 2 N–H and O–H groups in total. The Labute approximate surface area is 180 Å². The lowest BCUT2D eigenvalue weighted by molar-refractivity contribution is -0.124. The fourth-order valence-electron chi connectivity index (χ4n) is 5.08. The van der Waals surface area contributed by atoms with Gasteiger partial charge in [-0.25, -0.2) is 8.42 Å². The first-order chi connectivity index (χ1) is 14.7. The molecule has 8 heteroatoms. The lowest BCUT2D eigenvalue weighted by Gasteiger charge is -2.42. The Kier molecular flexibility index (Phi) is 4.41.